The number of benzene rings is 2. The molecule has 3 aromatic rings. The third-order valence-corrected chi connectivity index (χ3v) is 4.87. The van der Waals surface area contributed by atoms with Crippen LogP contribution in [-0.4, -0.2) is 41.1 Å². The number of morpholine rings is 1. The number of fused-ring (bicyclic) bond motifs is 1. The highest BCUT2D eigenvalue weighted by Gasteiger charge is 2.22. The van der Waals surface area contributed by atoms with E-state index >= 15 is 0 Å². The first-order chi connectivity index (χ1) is 13.5. The molecule has 0 spiro atoms. The summed E-state index contributed by atoms with van der Waals surface area (Å²) in [5.41, 5.74) is 3.97. The summed E-state index contributed by atoms with van der Waals surface area (Å²) in [4.78, 5) is 19.3. The summed E-state index contributed by atoms with van der Waals surface area (Å²) in [5, 5.41) is 2.92. The molecule has 28 heavy (non-hydrogen) atoms. The summed E-state index contributed by atoms with van der Waals surface area (Å²) in [6, 6.07) is 13.2. The van der Waals surface area contributed by atoms with Gasteiger partial charge in [-0.1, -0.05) is 12.1 Å². The third-order valence-electron chi connectivity index (χ3n) is 4.87. The maximum atomic E-state index is 12.6. The number of carbonyl (C=O) groups is 1. The fourth-order valence-electron chi connectivity index (χ4n) is 3.76. The Labute approximate surface area is 164 Å². The van der Waals surface area contributed by atoms with Crippen molar-refractivity contribution < 1.29 is 13.9 Å². The predicted molar refractivity (Wildman–Crippen MR) is 108 cm³/mol. The van der Waals surface area contributed by atoms with E-state index in [-0.39, 0.29) is 18.1 Å². The maximum Gasteiger partial charge on any atom is 0.255 e. The quantitative estimate of drug-likeness (QED) is 0.742. The lowest BCUT2D eigenvalue weighted by molar-refractivity contribution is -0.0704. The van der Waals surface area contributed by atoms with Crippen LogP contribution in [0, 0.1) is 6.92 Å². The first-order valence-corrected chi connectivity index (χ1v) is 9.61. The topological polar surface area (TPSA) is 67.6 Å². The van der Waals surface area contributed by atoms with Gasteiger partial charge in [-0.05, 0) is 49.7 Å². The summed E-state index contributed by atoms with van der Waals surface area (Å²) in [7, 11) is 0. The fraction of sp³-hybridized carbons (Fsp3) is 0.364. The van der Waals surface area contributed by atoms with Gasteiger partial charge in [-0.3, -0.25) is 9.69 Å². The zero-order valence-electron chi connectivity index (χ0n) is 16.4. The average Bonchev–Trinajstić information content (AvgIpc) is 3.00. The van der Waals surface area contributed by atoms with Crippen LogP contribution >= 0.6 is 0 Å². The van der Waals surface area contributed by atoms with Gasteiger partial charge in [-0.25, -0.2) is 4.98 Å². The van der Waals surface area contributed by atoms with Crippen molar-refractivity contribution in [2.24, 2.45) is 0 Å². The largest absolute Gasteiger partial charge is 0.441 e. The van der Waals surface area contributed by atoms with E-state index in [4.69, 9.17) is 9.15 Å². The minimum Gasteiger partial charge on any atom is -0.441 e. The van der Waals surface area contributed by atoms with Gasteiger partial charge in [0, 0.05) is 37.8 Å². The molecule has 1 aliphatic rings. The Morgan fingerprint density at radius 2 is 1.86 bits per heavy atom. The lowest BCUT2D eigenvalue weighted by Gasteiger charge is -2.35. The molecular weight excluding hydrogens is 354 g/mol. The highest BCUT2D eigenvalue weighted by atomic mass is 16.5. The second kappa shape index (κ2) is 7.73. The number of hydrogen-bond acceptors (Lipinski definition) is 5. The number of anilines is 1. The van der Waals surface area contributed by atoms with Crippen molar-refractivity contribution in [3.8, 4) is 0 Å². The van der Waals surface area contributed by atoms with Gasteiger partial charge in [0.15, 0.2) is 11.5 Å². The minimum atomic E-state index is -0.139. The van der Waals surface area contributed by atoms with Crippen LogP contribution in [0.5, 0.6) is 0 Å². The Hall–Kier alpha value is -2.70. The number of nitrogens with zero attached hydrogens (tertiary/aromatic N) is 2. The standard InChI is InChI=1S/C22H25N3O3/c1-14-11-25(12-15(2)27-14)13-17-4-6-18(7-5-17)22(26)24-19-8-9-21-20(10-19)23-16(3)28-21/h4-10,14-15H,11-13H2,1-3H3,(H,24,26)/t14-,15-/m1/s1. The first-order valence-electron chi connectivity index (χ1n) is 9.61. The second-order valence-electron chi connectivity index (χ2n) is 7.52. The molecule has 0 saturated carbocycles. The molecular formula is C22H25N3O3. The van der Waals surface area contributed by atoms with Crippen LogP contribution in [-0.2, 0) is 11.3 Å². The van der Waals surface area contributed by atoms with Crippen LogP contribution in [0.4, 0.5) is 5.69 Å². The summed E-state index contributed by atoms with van der Waals surface area (Å²) in [5.74, 6) is 0.470. The molecule has 0 unspecified atom stereocenters. The van der Waals surface area contributed by atoms with Crippen molar-refractivity contribution in [1.29, 1.82) is 0 Å². The molecule has 146 valence electrons. The monoisotopic (exact) mass is 379 g/mol. The summed E-state index contributed by atoms with van der Waals surface area (Å²) in [6.07, 6.45) is 0.499. The molecule has 6 nitrogen and oxygen atoms in total. The van der Waals surface area contributed by atoms with Crippen LogP contribution in [0.2, 0.25) is 0 Å². The number of aromatic nitrogens is 1. The van der Waals surface area contributed by atoms with E-state index in [0.717, 1.165) is 25.2 Å². The van der Waals surface area contributed by atoms with Crippen molar-refractivity contribution in [1.82, 2.24) is 9.88 Å². The number of oxazole rings is 1. The Balaban J connectivity index is 1.40. The lowest BCUT2D eigenvalue weighted by Crippen LogP contribution is -2.44. The van der Waals surface area contributed by atoms with Crippen molar-refractivity contribution in [2.45, 2.75) is 39.5 Å². The third kappa shape index (κ3) is 4.24. The van der Waals surface area contributed by atoms with Crippen molar-refractivity contribution in [3.63, 3.8) is 0 Å². The average molecular weight is 379 g/mol. The number of nitrogens with one attached hydrogen (secondary N) is 1. The van der Waals surface area contributed by atoms with Crippen LogP contribution in [0.25, 0.3) is 11.1 Å². The van der Waals surface area contributed by atoms with Gasteiger partial charge in [0.1, 0.15) is 5.52 Å². The number of rotatable bonds is 4. The first kappa shape index (κ1) is 18.7. The van der Waals surface area contributed by atoms with Crippen molar-refractivity contribution in [2.75, 3.05) is 18.4 Å². The van der Waals surface area contributed by atoms with Gasteiger partial charge >= 0.3 is 0 Å². The van der Waals surface area contributed by atoms with Crippen LogP contribution in [0.3, 0.4) is 0 Å². The molecule has 0 radical (unpaired) electrons. The van der Waals surface area contributed by atoms with E-state index in [1.807, 2.05) is 42.5 Å². The molecule has 2 aromatic carbocycles. The van der Waals surface area contributed by atoms with E-state index in [1.165, 1.54) is 5.56 Å². The van der Waals surface area contributed by atoms with E-state index < -0.39 is 0 Å². The smallest absolute Gasteiger partial charge is 0.255 e. The van der Waals surface area contributed by atoms with Gasteiger partial charge in [0.25, 0.3) is 5.91 Å². The molecule has 1 aromatic heterocycles. The Morgan fingerprint density at radius 3 is 2.57 bits per heavy atom. The van der Waals surface area contributed by atoms with Crippen LogP contribution < -0.4 is 5.32 Å². The molecule has 0 bridgehead atoms. The molecule has 1 saturated heterocycles. The molecule has 0 aliphatic carbocycles. The molecule has 4 rings (SSSR count). The van der Waals surface area contributed by atoms with Crippen molar-refractivity contribution >= 4 is 22.7 Å². The lowest BCUT2D eigenvalue weighted by atomic mass is 10.1. The molecule has 1 amide bonds. The number of aryl methyl sites for hydroxylation is 1. The molecule has 2 atom stereocenters. The minimum absolute atomic E-state index is 0.139. The Kier molecular flexibility index (Phi) is 5.15. The normalized spacial score (nSPS) is 20.4. The van der Waals surface area contributed by atoms with Crippen LogP contribution in [0.1, 0.15) is 35.7 Å². The summed E-state index contributed by atoms with van der Waals surface area (Å²) >= 11 is 0. The zero-order valence-corrected chi connectivity index (χ0v) is 16.4. The number of ether oxygens (including phenoxy) is 1. The highest BCUT2D eigenvalue weighted by Crippen LogP contribution is 2.20. The van der Waals surface area contributed by atoms with Gasteiger partial charge in [0.05, 0.1) is 12.2 Å². The summed E-state index contributed by atoms with van der Waals surface area (Å²) in [6.45, 7) is 8.73. The van der Waals surface area contributed by atoms with E-state index in [1.54, 1.807) is 6.92 Å². The number of carbonyl (C=O) groups excluding carboxylic acids is 1. The number of amides is 1. The second-order valence-corrected chi connectivity index (χ2v) is 7.52. The molecule has 1 N–H and O–H groups in total. The predicted octanol–water partition coefficient (Wildman–Crippen LogP) is 4.00. The number of hydrogen-bond donors (Lipinski definition) is 1. The van der Waals surface area contributed by atoms with Gasteiger partial charge < -0.3 is 14.5 Å². The zero-order chi connectivity index (χ0) is 19.7. The van der Waals surface area contributed by atoms with E-state index in [0.29, 0.717) is 22.7 Å². The van der Waals surface area contributed by atoms with Gasteiger partial charge in [-0.15, -0.1) is 0 Å². The fourth-order valence-corrected chi connectivity index (χ4v) is 3.76. The molecule has 1 fully saturated rings. The van der Waals surface area contributed by atoms with E-state index in [2.05, 4.69) is 29.0 Å². The SMILES string of the molecule is Cc1nc2cc(NC(=O)c3ccc(CN4C[C@@H](C)O[C@H](C)C4)cc3)ccc2o1. The van der Waals surface area contributed by atoms with Gasteiger partial charge in [0.2, 0.25) is 0 Å². The highest BCUT2D eigenvalue weighted by molar-refractivity contribution is 6.04. The molecule has 6 heteroatoms. The maximum absolute atomic E-state index is 12.6. The van der Waals surface area contributed by atoms with Crippen LogP contribution in [0.15, 0.2) is 46.9 Å². The Morgan fingerprint density at radius 1 is 1.14 bits per heavy atom. The Bertz CT molecular complexity index is 970. The van der Waals surface area contributed by atoms with Gasteiger partial charge in [-0.2, -0.15) is 0 Å². The molecule has 1 aliphatic heterocycles. The van der Waals surface area contributed by atoms with Crippen molar-refractivity contribution in [3.05, 3.63) is 59.5 Å². The summed E-state index contributed by atoms with van der Waals surface area (Å²) < 4.78 is 11.2. The molecule has 2 heterocycles. The van der Waals surface area contributed by atoms with E-state index in [9.17, 15) is 4.79 Å².